The molecule has 0 saturated carbocycles. The van der Waals surface area contributed by atoms with Crippen LogP contribution in [0.3, 0.4) is 0 Å². The van der Waals surface area contributed by atoms with E-state index < -0.39 is 47.7 Å². The van der Waals surface area contributed by atoms with Crippen LogP contribution in [-0.4, -0.2) is 80.8 Å². The van der Waals surface area contributed by atoms with E-state index in [4.69, 9.17) is 9.47 Å². The smallest absolute Gasteiger partial charge is 0.408 e. The zero-order valence-corrected chi connectivity index (χ0v) is 32.0. The molecule has 13 heteroatoms. The van der Waals surface area contributed by atoms with E-state index in [9.17, 15) is 19.2 Å². The zero-order valence-electron chi connectivity index (χ0n) is 32.0. The fraction of sp³-hybridized carbons (Fsp3) is 0.349. The Balaban J connectivity index is 1.07. The lowest BCUT2D eigenvalue weighted by Crippen LogP contribution is -2.54. The second kappa shape index (κ2) is 16.2. The van der Waals surface area contributed by atoms with Gasteiger partial charge in [-0.25, -0.2) is 14.3 Å². The van der Waals surface area contributed by atoms with E-state index in [0.29, 0.717) is 11.9 Å². The number of rotatable bonds is 11. The van der Waals surface area contributed by atoms with Crippen LogP contribution in [0.4, 0.5) is 9.59 Å². The van der Waals surface area contributed by atoms with Crippen molar-refractivity contribution in [1.82, 2.24) is 35.8 Å². The van der Waals surface area contributed by atoms with Crippen molar-refractivity contribution >= 4 is 35.0 Å². The van der Waals surface area contributed by atoms with Crippen LogP contribution >= 0.6 is 0 Å². The van der Waals surface area contributed by atoms with Crippen LogP contribution in [0, 0.1) is 0 Å². The van der Waals surface area contributed by atoms with Gasteiger partial charge in [0.2, 0.25) is 11.8 Å². The summed E-state index contributed by atoms with van der Waals surface area (Å²) in [7, 11) is 1.81. The number of carbonyl (C=O) groups is 4. The molecule has 0 spiro atoms. The zero-order chi connectivity index (χ0) is 39.4. The number of nitrogens with one attached hydrogen (secondary N) is 3. The number of ether oxygens (including phenoxy) is 2. The van der Waals surface area contributed by atoms with E-state index in [1.165, 1.54) is 4.90 Å². The molecule has 56 heavy (non-hydrogen) atoms. The van der Waals surface area contributed by atoms with Crippen LogP contribution in [-0.2, 0) is 39.1 Å². The number of likely N-dealkylation sites (tertiary alicyclic amines) is 1. The Morgan fingerprint density at radius 3 is 2.23 bits per heavy atom. The first-order valence-electron chi connectivity index (χ1n) is 18.9. The predicted octanol–water partition coefficient (Wildman–Crippen LogP) is 5.62. The maximum atomic E-state index is 14.5. The number of alkyl carbamates (subject to hydrolysis) is 2. The Morgan fingerprint density at radius 1 is 0.857 bits per heavy atom. The molecule has 0 radical (unpaired) electrons. The molecule has 1 aliphatic heterocycles. The molecule has 7 rings (SSSR count). The Hall–Kier alpha value is -6.24. The first-order valence-corrected chi connectivity index (χ1v) is 18.9. The van der Waals surface area contributed by atoms with Gasteiger partial charge in [0.25, 0.3) is 0 Å². The van der Waals surface area contributed by atoms with Gasteiger partial charge >= 0.3 is 12.2 Å². The standard InChI is InChI=1S/C43H47N7O6/c1-43(2,3)56-42(54)46-35(20-18-27-12-6-5-7-13-27)40(52)50-25-29(23-38(50)39(51)44-24-28-19-21-37-36(22-28)47-48-49(37)4)45-41(53)55-26-34-32-16-10-8-14-30(32)31-15-9-11-17-33(31)34/h5-17,19,21-22,29,34-35,38H,18,20,23-26H2,1-4H3,(H,44,51)(H,45,53)(H,46,54)/t29-,35-,38+/m1/s1. The molecular formula is C43H47N7O6. The van der Waals surface area contributed by atoms with Crippen molar-refractivity contribution in [2.45, 2.75) is 76.2 Å². The predicted molar refractivity (Wildman–Crippen MR) is 210 cm³/mol. The van der Waals surface area contributed by atoms with Crippen molar-refractivity contribution in [1.29, 1.82) is 0 Å². The number of amides is 4. The summed E-state index contributed by atoms with van der Waals surface area (Å²) in [5.41, 5.74) is 6.97. The van der Waals surface area contributed by atoms with Gasteiger partial charge in [-0.05, 0) is 85.5 Å². The summed E-state index contributed by atoms with van der Waals surface area (Å²) in [6, 6.07) is 28.9. The van der Waals surface area contributed by atoms with E-state index in [-0.39, 0.29) is 38.5 Å². The molecule has 4 aromatic carbocycles. The molecular weight excluding hydrogens is 711 g/mol. The highest BCUT2D eigenvalue weighted by Crippen LogP contribution is 2.44. The summed E-state index contributed by atoms with van der Waals surface area (Å²) in [5, 5.41) is 16.9. The van der Waals surface area contributed by atoms with Gasteiger partial charge in [-0.1, -0.05) is 90.1 Å². The Bertz CT molecular complexity index is 2190. The molecule has 1 fully saturated rings. The van der Waals surface area contributed by atoms with E-state index in [1.807, 2.05) is 72.8 Å². The molecule has 0 unspecified atom stereocenters. The third-order valence-corrected chi connectivity index (χ3v) is 10.2. The second-order valence-electron chi connectivity index (χ2n) is 15.4. The maximum absolute atomic E-state index is 14.5. The van der Waals surface area contributed by atoms with Gasteiger partial charge in [0.15, 0.2) is 0 Å². The Morgan fingerprint density at radius 2 is 1.54 bits per heavy atom. The summed E-state index contributed by atoms with van der Waals surface area (Å²) in [6.07, 6.45) is -0.491. The molecule has 13 nitrogen and oxygen atoms in total. The minimum Gasteiger partial charge on any atom is -0.449 e. The molecule has 1 aromatic heterocycles. The third kappa shape index (κ3) is 8.67. The van der Waals surface area contributed by atoms with Crippen LogP contribution in [0.1, 0.15) is 61.8 Å². The van der Waals surface area contributed by atoms with Crippen LogP contribution in [0.25, 0.3) is 22.2 Å². The quantitative estimate of drug-likeness (QED) is 0.157. The maximum Gasteiger partial charge on any atom is 0.408 e. The molecule has 0 bridgehead atoms. The average molecular weight is 758 g/mol. The van der Waals surface area contributed by atoms with E-state index >= 15 is 0 Å². The van der Waals surface area contributed by atoms with Crippen molar-refractivity contribution in [3.8, 4) is 11.1 Å². The van der Waals surface area contributed by atoms with E-state index in [0.717, 1.165) is 38.9 Å². The van der Waals surface area contributed by atoms with Crippen molar-refractivity contribution < 1.29 is 28.7 Å². The van der Waals surface area contributed by atoms with E-state index in [1.54, 1.807) is 32.5 Å². The molecule has 3 atom stereocenters. The normalized spacial score (nSPS) is 16.8. The molecule has 290 valence electrons. The highest BCUT2D eigenvalue weighted by Gasteiger charge is 2.43. The lowest BCUT2D eigenvalue weighted by molar-refractivity contribution is -0.140. The average Bonchev–Trinajstić information content (AvgIpc) is 3.87. The van der Waals surface area contributed by atoms with E-state index in [2.05, 4.69) is 50.5 Å². The number of aryl methyl sites for hydroxylation is 2. The van der Waals surface area contributed by atoms with Gasteiger partial charge in [0.1, 0.15) is 29.8 Å². The number of carbonyl (C=O) groups excluding carboxylic acids is 4. The van der Waals surface area contributed by atoms with Crippen molar-refractivity contribution in [3.63, 3.8) is 0 Å². The summed E-state index contributed by atoms with van der Waals surface area (Å²) in [6.45, 7) is 5.57. The topological polar surface area (TPSA) is 157 Å². The van der Waals surface area contributed by atoms with Gasteiger partial charge in [0, 0.05) is 26.1 Å². The third-order valence-electron chi connectivity index (χ3n) is 10.2. The largest absolute Gasteiger partial charge is 0.449 e. The first-order chi connectivity index (χ1) is 26.9. The summed E-state index contributed by atoms with van der Waals surface area (Å²) < 4.78 is 13.0. The number of benzene rings is 4. The fourth-order valence-corrected chi connectivity index (χ4v) is 7.61. The van der Waals surface area contributed by atoms with Gasteiger partial charge < -0.3 is 30.3 Å². The van der Waals surface area contributed by atoms with Gasteiger partial charge in [-0.3, -0.25) is 9.59 Å². The van der Waals surface area contributed by atoms with Crippen LogP contribution < -0.4 is 16.0 Å². The Kier molecular flexibility index (Phi) is 11.0. The van der Waals surface area contributed by atoms with Crippen LogP contribution in [0.15, 0.2) is 97.1 Å². The van der Waals surface area contributed by atoms with Crippen molar-refractivity contribution in [2.24, 2.45) is 7.05 Å². The fourth-order valence-electron chi connectivity index (χ4n) is 7.61. The minimum absolute atomic E-state index is 0.0323. The number of fused-ring (bicyclic) bond motifs is 4. The highest BCUT2D eigenvalue weighted by molar-refractivity contribution is 5.92. The molecule has 1 aliphatic carbocycles. The molecule has 5 aromatic rings. The van der Waals surface area contributed by atoms with Gasteiger partial charge in [-0.15, -0.1) is 5.10 Å². The highest BCUT2D eigenvalue weighted by atomic mass is 16.6. The molecule has 4 amide bonds. The molecule has 3 N–H and O–H groups in total. The Labute approximate surface area is 325 Å². The number of hydrogen-bond donors (Lipinski definition) is 3. The monoisotopic (exact) mass is 757 g/mol. The molecule has 2 aliphatic rings. The molecule has 1 saturated heterocycles. The lowest BCUT2D eigenvalue weighted by Gasteiger charge is -2.29. The summed E-state index contributed by atoms with van der Waals surface area (Å²) in [5.74, 6) is -0.975. The summed E-state index contributed by atoms with van der Waals surface area (Å²) in [4.78, 5) is 56.4. The van der Waals surface area contributed by atoms with Crippen molar-refractivity contribution in [3.05, 3.63) is 119 Å². The number of nitrogens with zero attached hydrogens (tertiary/aromatic N) is 4. The second-order valence-corrected chi connectivity index (χ2v) is 15.4. The number of aromatic nitrogens is 3. The van der Waals surface area contributed by atoms with Gasteiger partial charge in [0.05, 0.1) is 11.6 Å². The first kappa shape index (κ1) is 38.1. The van der Waals surface area contributed by atoms with Gasteiger partial charge in [-0.2, -0.15) is 0 Å². The van der Waals surface area contributed by atoms with Crippen LogP contribution in [0.2, 0.25) is 0 Å². The van der Waals surface area contributed by atoms with Crippen molar-refractivity contribution in [2.75, 3.05) is 13.2 Å². The number of hydrogen-bond acceptors (Lipinski definition) is 8. The molecule has 2 heterocycles. The lowest BCUT2D eigenvalue weighted by atomic mass is 9.98. The SMILES string of the molecule is Cn1nnc2cc(CNC(=O)[C@@H]3C[C@@H](NC(=O)OCC4c5ccccc5-c5ccccc54)CN3C(=O)[C@@H](CCc3ccccc3)NC(=O)OC(C)(C)C)ccc21. The van der Waals surface area contributed by atoms with Crippen LogP contribution in [0.5, 0.6) is 0 Å². The minimum atomic E-state index is -1.01. The summed E-state index contributed by atoms with van der Waals surface area (Å²) >= 11 is 0.